The van der Waals surface area contributed by atoms with Crippen molar-refractivity contribution in [3.05, 3.63) is 34.4 Å². The summed E-state index contributed by atoms with van der Waals surface area (Å²) in [5, 5.41) is 13.0. The Kier molecular flexibility index (Phi) is 6.04. The summed E-state index contributed by atoms with van der Waals surface area (Å²) in [5.74, 6) is -2.38. The minimum atomic E-state index is -0.849. The van der Waals surface area contributed by atoms with Gasteiger partial charge >= 0.3 is 17.8 Å². The number of carbonyl (C=O) groups is 3. The zero-order valence-electron chi connectivity index (χ0n) is 13.8. The highest BCUT2D eigenvalue weighted by Gasteiger charge is 2.32. The monoisotopic (exact) mass is 349 g/mol. The summed E-state index contributed by atoms with van der Waals surface area (Å²) < 4.78 is 4.96. The third kappa shape index (κ3) is 4.75. The van der Waals surface area contributed by atoms with Gasteiger partial charge < -0.3 is 15.0 Å². The highest BCUT2D eigenvalue weighted by molar-refractivity contribution is 6.39. The molecule has 25 heavy (non-hydrogen) atoms. The summed E-state index contributed by atoms with van der Waals surface area (Å²) in [5.41, 5.74) is 0.167. The first-order valence-corrected chi connectivity index (χ1v) is 7.93. The van der Waals surface area contributed by atoms with E-state index in [9.17, 15) is 24.5 Å². The van der Waals surface area contributed by atoms with Crippen molar-refractivity contribution in [2.24, 2.45) is 5.92 Å². The molecule has 1 N–H and O–H groups in total. The molecular formula is C16H19N3O6. The molecule has 1 aromatic rings. The number of nitrogens with one attached hydrogen (secondary N) is 1. The molecule has 0 spiro atoms. The first kappa shape index (κ1) is 18.4. The molecular weight excluding hydrogens is 330 g/mol. The highest BCUT2D eigenvalue weighted by Crippen LogP contribution is 2.19. The number of anilines is 1. The molecule has 2 amide bonds. The van der Waals surface area contributed by atoms with Crippen molar-refractivity contribution in [2.45, 2.75) is 19.8 Å². The van der Waals surface area contributed by atoms with Crippen molar-refractivity contribution in [3.8, 4) is 0 Å². The number of benzene rings is 1. The van der Waals surface area contributed by atoms with E-state index in [0.29, 0.717) is 19.4 Å². The number of hydrogen-bond donors (Lipinski definition) is 1. The van der Waals surface area contributed by atoms with Gasteiger partial charge in [-0.3, -0.25) is 24.5 Å². The number of esters is 1. The minimum absolute atomic E-state index is 0.113. The lowest BCUT2D eigenvalue weighted by molar-refractivity contribution is -0.384. The Bertz CT molecular complexity index is 673. The number of nitro groups is 1. The Morgan fingerprint density at radius 1 is 1.32 bits per heavy atom. The Hall–Kier alpha value is -2.97. The van der Waals surface area contributed by atoms with E-state index in [1.54, 1.807) is 6.92 Å². The molecule has 0 saturated carbocycles. The summed E-state index contributed by atoms with van der Waals surface area (Å²) in [7, 11) is 0. The van der Waals surface area contributed by atoms with Crippen LogP contribution in [0.25, 0.3) is 0 Å². The van der Waals surface area contributed by atoms with Gasteiger partial charge in [0, 0.05) is 30.9 Å². The van der Waals surface area contributed by atoms with Crippen LogP contribution < -0.4 is 5.32 Å². The third-order valence-electron chi connectivity index (χ3n) is 3.86. The number of non-ortho nitro benzene ring substituents is 1. The molecule has 1 fully saturated rings. The van der Waals surface area contributed by atoms with Crippen LogP contribution in [0.5, 0.6) is 0 Å². The third-order valence-corrected chi connectivity index (χ3v) is 3.86. The van der Waals surface area contributed by atoms with Gasteiger partial charge in [-0.1, -0.05) is 0 Å². The molecule has 0 bridgehead atoms. The Morgan fingerprint density at radius 2 is 2.00 bits per heavy atom. The van der Waals surface area contributed by atoms with Gasteiger partial charge in [0.05, 0.1) is 17.4 Å². The molecule has 1 unspecified atom stereocenters. The van der Waals surface area contributed by atoms with Crippen LogP contribution in [0.3, 0.4) is 0 Å². The summed E-state index contributed by atoms with van der Waals surface area (Å²) in [4.78, 5) is 47.5. The number of amides is 2. The Morgan fingerprint density at radius 3 is 2.60 bits per heavy atom. The van der Waals surface area contributed by atoms with Gasteiger partial charge in [-0.2, -0.15) is 0 Å². The zero-order valence-corrected chi connectivity index (χ0v) is 13.8. The fourth-order valence-electron chi connectivity index (χ4n) is 2.61. The second-order valence-electron chi connectivity index (χ2n) is 5.60. The van der Waals surface area contributed by atoms with E-state index in [1.165, 1.54) is 29.2 Å². The number of piperidine rings is 1. The fourth-order valence-corrected chi connectivity index (χ4v) is 2.61. The number of nitro benzene ring substituents is 1. The first-order valence-electron chi connectivity index (χ1n) is 7.93. The van der Waals surface area contributed by atoms with Crippen LogP contribution in [0.4, 0.5) is 11.4 Å². The molecule has 1 aliphatic rings. The van der Waals surface area contributed by atoms with Crippen LogP contribution in [-0.2, 0) is 19.1 Å². The maximum Gasteiger partial charge on any atom is 0.313 e. The van der Waals surface area contributed by atoms with Crippen LogP contribution in [-0.4, -0.2) is 47.3 Å². The maximum atomic E-state index is 12.3. The van der Waals surface area contributed by atoms with Gasteiger partial charge in [-0.25, -0.2) is 0 Å². The molecule has 134 valence electrons. The van der Waals surface area contributed by atoms with Gasteiger partial charge in [0.15, 0.2) is 0 Å². The number of hydrogen-bond acceptors (Lipinski definition) is 6. The van der Waals surface area contributed by atoms with E-state index in [4.69, 9.17) is 4.74 Å². The molecule has 1 saturated heterocycles. The molecule has 9 nitrogen and oxygen atoms in total. The largest absolute Gasteiger partial charge is 0.466 e. The molecule has 1 atom stereocenters. The predicted octanol–water partition coefficient (Wildman–Crippen LogP) is 1.33. The number of ether oxygens (including phenoxy) is 1. The molecule has 2 rings (SSSR count). The predicted molar refractivity (Wildman–Crippen MR) is 87.7 cm³/mol. The Labute approximate surface area is 144 Å². The average molecular weight is 349 g/mol. The molecule has 0 aliphatic carbocycles. The van der Waals surface area contributed by atoms with Crippen molar-refractivity contribution in [1.29, 1.82) is 0 Å². The summed E-state index contributed by atoms with van der Waals surface area (Å²) in [6, 6.07) is 5.16. The normalized spacial score (nSPS) is 16.8. The number of likely N-dealkylation sites (tertiary alicyclic amines) is 1. The van der Waals surface area contributed by atoms with Crippen LogP contribution >= 0.6 is 0 Å². The van der Waals surface area contributed by atoms with Crippen molar-refractivity contribution in [2.75, 3.05) is 25.0 Å². The summed E-state index contributed by atoms with van der Waals surface area (Å²) >= 11 is 0. The van der Waals surface area contributed by atoms with Gasteiger partial charge in [0.1, 0.15) is 0 Å². The van der Waals surface area contributed by atoms with Crippen LogP contribution in [0.1, 0.15) is 19.8 Å². The first-order chi connectivity index (χ1) is 11.9. The lowest BCUT2D eigenvalue weighted by Gasteiger charge is -2.30. The molecule has 1 heterocycles. The van der Waals surface area contributed by atoms with Gasteiger partial charge in [0.2, 0.25) is 0 Å². The van der Waals surface area contributed by atoms with Gasteiger partial charge in [0.25, 0.3) is 5.69 Å². The average Bonchev–Trinajstić information content (AvgIpc) is 2.61. The second-order valence-corrected chi connectivity index (χ2v) is 5.60. The van der Waals surface area contributed by atoms with Crippen LogP contribution in [0.2, 0.25) is 0 Å². The smallest absolute Gasteiger partial charge is 0.313 e. The molecule has 0 aromatic heterocycles. The van der Waals surface area contributed by atoms with Crippen molar-refractivity contribution >= 4 is 29.2 Å². The summed E-state index contributed by atoms with van der Waals surface area (Å²) in [6.07, 6.45) is 1.23. The van der Waals surface area contributed by atoms with E-state index >= 15 is 0 Å². The second kappa shape index (κ2) is 8.22. The van der Waals surface area contributed by atoms with E-state index in [2.05, 4.69) is 5.32 Å². The molecule has 9 heteroatoms. The standard InChI is InChI=1S/C16H19N3O6/c1-2-25-16(22)11-4-3-9-18(10-11)15(21)14(20)17-12-5-7-13(8-6-12)19(23)24/h5-8,11H,2-4,9-10H2,1H3,(H,17,20). The van der Waals surface area contributed by atoms with Crippen LogP contribution in [0.15, 0.2) is 24.3 Å². The van der Waals surface area contributed by atoms with Crippen LogP contribution in [0, 0.1) is 16.0 Å². The lowest BCUT2D eigenvalue weighted by atomic mass is 9.98. The van der Waals surface area contributed by atoms with Crippen molar-refractivity contribution < 1.29 is 24.0 Å². The van der Waals surface area contributed by atoms with Crippen molar-refractivity contribution in [1.82, 2.24) is 4.90 Å². The van der Waals surface area contributed by atoms with E-state index in [0.717, 1.165) is 0 Å². The molecule has 1 aliphatic heterocycles. The van der Waals surface area contributed by atoms with Crippen molar-refractivity contribution in [3.63, 3.8) is 0 Å². The van der Waals surface area contributed by atoms with E-state index in [1.807, 2.05) is 0 Å². The minimum Gasteiger partial charge on any atom is -0.466 e. The quantitative estimate of drug-likeness (QED) is 0.379. The van der Waals surface area contributed by atoms with Gasteiger partial charge in [-0.15, -0.1) is 0 Å². The topological polar surface area (TPSA) is 119 Å². The number of carbonyl (C=O) groups excluding carboxylic acids is 3. The summed E-state index contributed by atoms with van der Waals surface area (Å²) in [6.45, 7) is 2.51. The lowest BCUT2D eigenvalue weighted by Crippen LogP contribution is -2.47. The Balaban J connectivity index is 1.95. The number of rotatable bonds is 4. The fraction of sp³-hybridized carbons (Fsp3) is 0.438. The number of nitrogens with zero attached hydrogens (tertiary/aromatic N) is 2. The van der Waals surface area contributed by atoms with E-state index in [-0.39, 0.29) is 30.5 Å². The molecule has 1 aromatic carbocycles. The highest BCUT2D eigenvalue weighted by atomic mass is 16.6. The van der Waals surface area contributed by atoms with E-state index < -0.39 is 22.7 Å². The molecule has 0 radical (unpaired) electrons. The SMILES string of the molecule is CCOC(=O)C1CCCN(C(=O)C(=O)Nc2ccc([N+](=O)[O-])cc2)C1. The maximum absolute atomic E-state index is 12.3. The van der Waals surface area contributed by atoms with Gasteiger partial charge in [-0.05, 0) is 31.9 Å². The zero-order chi connectivity index (χ0) is 18.4.